The molecule has 0 aliphatic carbocycles. The van der Waals surface area contributed by atoms with E-state index >= 15 is 0 Å². The molecule has 1 aliphatic heterocycles. The lowest BCUT2D eigenvalue weighted by Crippen LogP contribution is -2.46. The lowest BCUT2D eigenvalue weighted by Gasteiger charge is -2.44. The van der Waals surface area contributed by atoms with Gasteiger partial charge in [-0.1, -0.05) is 37.6 Å². The number of hydrogen-bond acceptors (Lipinski definition) is 3. The Kier molecular flexibility index (Phi) is 3.67. The molecule has 1 aromatic heterocycles. The predicted octanol–water partition coefficient (Wildman–Crippen LogP) is 5.33. The van der Waals surface area contributed by atoms with Crippen molar-refractivity contribution in [1.29, 1.82) is 0 Å². The number of rotatable bonds is 1. The van der Waals surface area contributed by atoms with Gasteiger partial charge in [-0.25, -0.2) is 14.4 Å². The zero-order valence-corrected chi connectivity index (χ0v) is 15.9. The SMILES string of the molecule is CC1(C)N=C(c2nc(Cl)c3ccccc3n2)c2ccc(F)cc2C1(C)C. The molecule has 4 rings (SSSR count). The highest BCUT2D eigenvalue weighted by Crippen LogP contribution is 2.44. The Morgan fingerprint density at radius 2 is 1.69 bits per heavy atom. The number of fused-ring (bicyclic) bond motifs is 2. The van der Waals surface area contributed by atoms with Crippen molar-refractivity contribution in [2.45, 2.75) is 38.6 Å². The molecule has 132 valence electrons. The maximum Gasteiger partial charge on any atom is 0.180 e. The van der Waals surface area contributed by atoms with E-state index in [4.69, 9.17) is 16.6 Å². The van der Waals surface area contributed by atoms with Crippen LogP contribution < -0.4 is 0 Å². The number of aromatic nitrogens is 2. The fraction of sp³-hybridized carbons (Fsp3) is 0.286. The van der Waals surface area contributed by atoms with Gasteiger partial charge < -0.3 is 0 Å². The van der Waals surface area contributed by atoms with Gasteiger partial charge in [0.2, 0.25) is 0 Å². The third kappa shape index (κ3) is 2.43. The minimum Gasteiger partial charge on any atom is -0.274 e. The molecule has 0 unspecified atom stereocenters. The van der Waals surface area contributed by atoms with Crippen LogP contribution in [0.25, 0.3) is 10.9 Å². The van der Waals surface area contributed by atoms with Crippen LogP contribution in [0.5, 0.6) is 0 Å². The van der Waals surface area contributed by atoms with Gasteiger partial charge >= 0.3 is 0 Å². The van der Waals surface area contributed by atoms with Crippen molar-refractivity contribution in [3.05, 3.63) is 70.4 Å². The molecule has 0 spiro atoms. The van der Waals surface area contributed by atoms with Crippen LogP contribution in [0, 0.1) is 5.82 Å². The van der Waals surface area contributed by atoms with Crippen LogP contribution in [0.4, 0.5) is 4.39 Å². The van der Waals surface area contributed by atoms with E-state index in [2.05, 4.69) is 23.8 Å². The highest BCUT2D eigenvalue weighted by molar-refractivity contribution is 6.34. The molecule has 0 saturated heterocycles. The molecular formula is C21H19ClFN3. The topological polar surface area (TPSA) is 38.1 Å². The van der Waals surface area contributed by atoms with Gasteiger partial charge in [0.1, 0.15) is 16.7 Å². The van der Waals surface area contributed by atoms with Crippen LogP contribution in [-0.2, 0) is 5.41 Å². The standard InChI is InChI=1S/C21H19ClFN3/c1-20(2)15-11-12(23)9-10-13(15)17(26-21(20,3)4)19-24-16-8-6-5-7-14(16)18(22)25-19/h5-11H,1-4H3. The summed E-state index contributed by atoms with van der Waals surface area (Å²) in [6.07, 6.45) is 0. The molecular weight excluding hydrogens is 349 g/mol. The second-order valence-electron chi connectivity index (χ2n) is 7.69. The van der Waals surface area contributed by atoms with Gasteiger partial charge in [-0.2, -0.15) is 0 Å². The van der Waals surface area contributed by atoms with Gasteiger partial charge in [0.25, 0.3) is 0 Å². The lowest BCUT2D eigenvalue weighted by molar-refractivity contribution is 0.302. The van der Waals surface area contributed by atoms with Crippen LogP contribution in [-0.4, -0.2) is 21.2 Å². The summed E-state index contributed by atoms with van der Waals surface area (Å²) in [5.74, 6) is 0.205. The molecule has 0 bridgehead atoms. The van der Waals surface area contributed by atoms with Gasteiger partial charge in [0.15, 0.2) is 5.82 Å². The highest BCUT2D eigenvalue weighted by Gasteiger charge is 2.44. The maximum absolute atomic E-state index is 14.0. The van der Waals surface area contributed by atoms with Crippen LogP contribution in [0.15, 0.2) is 47.5 Å². The van der Waals surface area contributed by atoms with Crippen molar-refractivity contribution in [3.8, 4) is 0 Å². The molecule has 0 N–H and O–H groups in total. The first-order valence-electron chi connectivity index (χ1n) is 8.53. The Morgan fingerprint density at radius 1 is 0.962 bits per heavy atom. The Morgan fingerprint density at radius 3 is 2.46 bits per heavy atom. The first-order chi connectivity index (χ1) is 12.2. The average Bonchev–Trinajstić information content (AvgIpc) is 2.59. The maximum atomic E-state index is 14.0. The fourth-order valence-electron chi connectivity index (χ4n) is 3.36. The molecule has 3 nitrogen and oxygen atoms in total. The molecule has 26 heavy (non-hydrogen) atoms. The monoisotopic (exact) mass is 367 g/mol. The smallest absolute Gasteiger partial charge is 0.180 e. The van der Waals surface area contributed by atoms with Gasteiger partial charge in [0, 0.05) is 16.4 Å². The Labute approximate surface area is 157 Å². The molecule has 5 heteroatoms. The first-order valence-corrected chi connectivity index (χ1v) is 8.91. The number of hydrogen-bond donors (Lipinski definition) is 0. The largest absolute Gasteiger partial charge is 0.274 e. The summed E-state index contributed by atoms with van der Waals surface area (Å²) in [6.45, 7) is 8.26. The van der Waals surface area contributed by atoms with E-state index in [1.54, 1.807) is 12.1 Å². The molecule has 0 atom stereocenters. The summed E-state index contributed by atoms with van der Waals surface area (Å²) in [5, 5.41) is 1.19. The molecule has 0 radical (unpaired) electrons. The van der Waals surface area contributed by atoms with Crippen molar-refractivity contribution < 1.29 is 4.39 Å². The van der Waals surface area contributed by atoms with Crippen LogP contribution in [0.3, 0.4) is 0 Å². The second kappa shape index (κ2) is 5.58. The molecule has 0 fully saturated rings. The number of halogens is 2. The van der Waals surface area contributed by atoms with E-state index in [0.717, 1.165) is 22.0 Å². The quantitative estimate of drug-likeness (QED) is 0.545. The molecule has 2 aromatic carbocycles. The first kappa shape index (κ1) is 17.1. The van der Waals surface area contributed by atoms with Crippen molar-refractivity contribution in [1.82, 2.24) is 9.97 Å². The number of nitrogens with zero attached hydrogens (tertiary/aromatic N) is 3. The summed E-state index contributed by atoms with van der Waals surface area (Å²) >= 11 is 6.39. The summed E-state index contributed by atoms with van der Waals surface area (Å²) in [6, 6.07) is 12.4. The fourth-order valence-corrected chi connectivity index (χ4v) is 3.60. The second-order valence-corrected chi connectivity index (χ2v) is 8.05. The summed E-state index contributed by atoms with van der Waals surface area (Å²) in [5.41, 5.74) is 2.37. The van der Waals surface area contributed by atoms with Gasteiger partial charge in [0.05, 0.1) is 11.1 Å². The van der Waals surface area contributed by atoms with E-state index < -0.39 is 5.54 Å². The third-order valence-electron chi connectivity index (χ3n) is 5.60. The molecule has 3 aromatic rings. The zero-order valence-electron chi connectivity index (χ0n) is 15.1. The van der Waals surface area contributed by atoms with Gasteiger partial charge in [-0.3, -0.25) is 4.99 Å². The van der Waals surface area contributed by atoms with Crippen molar-refractivity contribution >= 4 is 28.2 Å². The molecule has 2 heterocycles. The van der Waals surface area contributed by atoms with Crippen LogP contribution in [0.2, 0.25) is 5.15 Å². The number of aliphatic imine (C=N–C) groups is 1. The minimum atomic E-state index is -0.454. The van der Waals surface area contributed by atoms with Crippen molar-refractivity contribution in [2.75, 3.05) is 0 Å². The molecule has 0 saturated carbocycles. The normalized spacial score (nSPS) is 17.7. The van der Waals surface area contributed by atoms with Gasteiger partial charge in [-0.05, 0) is 49.7 Å². The van der Waals surface area contributed by atoms with E-state index in [-0.39, 0.29) is 11.2 Å². The number of para-hydroxylation sites is 1. The van der Waals surface area contributed by atoms with Crippen molar-refractivity contribution in [3.63, 3.8) is 0 Å². The predicted molar refractivity (Wildman–Crippen MR) is 104 cm³/mol. The minimum absolute atomic E-state index is 0.258. The average molecular weight is 368 g/mol. The Bertz CT molecular complexity index is 1070. The lowest BCUT2D eigenvalue weighted by atomic mass is 9.66. The number of benzene rings is 2. The molecule has 0 amide bonds. The summed E-state index contributed by atoms with van der Waals surface area (Å²) in [7, 11) is 0. The zero-order chi connectivity index (χ0) is 18.7. The van der Waals surface area contributed by atoms with Crippen LogP contribution >= 0.6 is 11.6 Å². The van der Waals surface area contributed by atoms with Gasteiger partial charge in [-0.15, -0.1) is 0 Å². The summed E-state index contributed by atoms with van der Waals surface area (Å²) < 4.78 is 14.0. The van der Waals surface area contributed by atoms with E-state index in [9.17, 15) is 4.39 Å². The van der Waals surface area contributed by atoms with E-state index in [1.807, 2.05) is 38.1 Å². The molecule has 1 aliphatic rings. The Balaban J connectivity index is 2.02. The Hall–Kier alpha value is -2.33. The third-order valence-corrected chi connectivity index (χ3v) is 5.89. The van der Waals surface area contributed by atoms with E-state index in [1.165, 1.54) is 6.07 Å². The highest BCUT2D eigenvalue weighted by atomic mass is 35.5. The van der Waals surface area contributed by atoms with Crippen LogP contribution in [0.1, 0.15) is 44.6 Å². The van der Waals surface area contributed by atoms with Crippen molar-refractivity contribution in [2.24, 2.45) is 4.99 Å². The summed E-state index contributed by atoms with van der Waals surface area (Å²) in [4.78, 5) is 14.1. The van der Waals surface area contributed by atoms with E-state index in [0.29, 0.717) is 16.7 Å².